The fourth-order valence-corrected chi connectivity index (χ4v) is 1.83. The van der Waals surface area contributed by atoms with Gasteiger partial charge >= 0.3 is 12.1 Å². The molecule has 0 fully saturated rings. The lowest BCUT2D eigenvalue weighted by molar-refractivity contribution is 0.0601. The second-order valence-corrected chi connectivity index (χ2v) is 4.60. The van der Waals surface area contributed by atoms with Crippen LogP contribution in [0.5, 0.6) is 0 Å². The van der Waals surface area contributed by atoms with Crippen LogP contribution in [0.2, 0.25) is 0 Å². The first-order chi connectivity index (χ1) is 11.4. The zero-order chi connectivity index (χ0) is 17.7. The molecule has 2 aromatic carbocycles. The van der Waals surface area contributed by atoms with Crippen molar-refractivity contribution >= 4 is 17.7 Å². The average molecular weight is 339 g/mol. The molecule has 2 rings (SSSR count). The highest BCUT2D eigenvalue weighted by Crippen LogP contribution is 2.21. The quantitative estimate of drug-likeness (QED) is 0.864. The number of ether oxygens (including phenoxy) is 2. The minimum Gasteiger partial charge on any atom is -0.465 e. The lowest BCUT2D eigenvalue weighted by Gasteiger charge is -2.11. The molecule has 0 saturated heterocycles. The Balaban J connectivity index is 2.12. The van der Waals surface area contributed by atoms with E-state index in [1.54, 1.807) is 6.07 Å². The van der Waals surface area contributed by atoms with Crippen LogP contribution in [0.15, 0.2) is 36.4 Å². The molecule has 8 heteroatoms. The monoisotopic (exact) mass is 339 g/mol. The Bertz CT molecular complexity index is 780. The number of rotatable bonds is 4. The number of hydrogen-bond acceptors (Lipinski definition) is 4. The van der Waals surface area contributed by atoms with Crippen LogP contribution in [0.3, 0.4) is 0 Å². The summed E-state index contributed by atoms with van der Waals surface area (Å²) in [6.07, 6.45) is -1.07. The summed E-state index contributed by atoms with van der Waals surface area (Å²) in [7, 11) is 1.05. The minimum absolute atomic E-state index is 0.131. The molecule has 0 heterocycles. The van der Waals surface area contributed by atoms with E-state index < -0.39 is 29.5 Å². The number of methoxy groups -OCH3 is 1. The van der Waals surface area contributed by atoms with Crippen LogP contribution in [0.1, 0.15) is 15.9 Å². The lowest BCUT2D eigenvalue weighted by Crippen LogP contribution is -2.17. The van der Waals surface area contributed by atoms with Crippen molar-refractivity contribution in [2.45, 2.75) is 6.61 Å². The largest absolute Gasteiger partial charge is 0.465 e. The van der Waals surface area contributed by atoms with E-state index in [1.807, 2.05) is 0 Å². The van der Waals surface area contributed by atoms with Crippen LogP contribution >= 0.6 is 0 Å². The van der Waals surface area contributed by atoms with Crippen molar-refractivity contribution in [2.24, 2.45) is 0 Å². The fraction of sp³-hybridized carbons (Fsp3) is 0.125. The fourth-order valence-electron chi connectivity index (χ4n) is 1.83. The second-order valence-electron chi connectivity index (χ2n) is 4.60. The third kappa shape index (κ3) is 4.03. The van der Waals surface area contributed by atoms with Crippen LogP contribution in [-0.2, 0) is 16.1 Å². The number of carbonyl (C=O) groups is 2. The van der Waals surface area contributed by atoms with Gasteiger partial charge in [0.05, 0.1) is 18.4 Å². The third-order valence-corrected chi connectivity index (χ3v) is 3.02. The van der Waals surface area contributed by atoms with Crippen molar-refractivity contribution in [1.29, 1.82) is 0 Å². The van der Waals surface area contributed by atoms with E-state index >= 15 is 0 Å². The Labute approximate surface area is 135 Å². The zero-order valence-corrected chi connectivity index (χ0v) is 12.4. The number of halogens is 3. The molecule has 2 aromatic rings. The van der Waals surface area contributed by atoms with E-state index in [0.717, 1.165) is 7.11 Å². The number of benzene rings is 2. The Kier molecular flexibility index (Phi) is 5.41. The number of amides is 1. The van der Waals surface area contributed by atoms with Crippen molar-refractivity contribution in [3.8, 4) is 0 Å². The van der Waals surface area contributed by atoms with Gasteiger partial charge < -0.3 is 9.47 Å². The summed E-state index contributed by atoms with van der Waals surface area (Å²) in [5.74, 6) is -4.08. The summed E-state index contributed by atoms with van der Waals surface area (Å²) >= 11 is 0. The molecule has 24 heavy (non-hydrogen) atoms. The van der Waals surface area contributed by atoms with E-state index in [4.69, 9.17) is 4.74 Å². The van der Waals surface area contributed by atoms with E-state index in [9.17, 15) is 22.8 Å². The van der Waals surface area contributed by atoms with Gasteiger partial charge in [-0.25, -0.2) is 22.8 Å². The van der Waals surface area contributed by atoms with Crippen LogP contribution in [0.25, 0.3) is 0 Å². The molecular formula is C16H12F3NO4. The van der Waals surface area contributed by atoms with E-state index in [-0.39, 0.29) is 23.4 Å². The lowest BCUT2D eigenvalue weighted by atomic mass is 10.1. The standard InChI is InChI=1S/C16H12F3NO4/c1-23-15(21)10-6-12(18)13(19)7-14(10)20-16(22)24-8-9-4-2-3-5-11(9)17/h2-7H,8H2,1H3,(H,20,22). The van der Waals surface area contributed by atoms with Gasteiger partial charge in [-0.05, 0) is 12.1 Å². The summed E-state index contributed by atoms with van der Waals surface area (Å²) < 4.78 is 49.2. The molecule has 0 bridgehead atoms. The summed E-state index contributed by atoms with van der Waals surface area (Å²) in [6, 6.07) is 6.86. The molecule has 0 aliphatic carbocycles. The van der Waals surface area contributed by atoms with E-state index in [1.165, 1.54) is 18.2 Å². The normalized spacial score (nSPS) is 10.2. The molecule has 0 aliphatic heterocycles. The maximum absolute atomic E-state index is 13.4. The van der Waals surface area contributed by atoms with Gasteiger partial charge in [-0.15, -0.1) is 0 Å². The van der Waals surface area contributed by atoms with Crippen LogP contribution in [0, 0.1) is 17.5 Å². The van der Waals surface area contributed by atoms with Crippen molar-refractivity contribution < 1.29 is 32.2 Å². The zero-order valence-electron chi connectivity index (χ0n) is 12.4. The van der Waals surface area contributed by atoms with Crippen molar-refractivity contribution in [3.63, 3.8) is 0 Å². The molecule has 0 aliphatic rings. The van der Waals surface area contributed by atoms with Crippen LogP contribution in [-0.4, -0.2) is 19.2 Å². The average Bonchev–Trinajstić information content (AvgIpc) is 2.56. The van der Waals surface area contributed by atoms with Crippen molar-refractivity contribution in [1.82, 2.24) is 0 Å². The van der Waals surface area contributed by atoms with Gasteiger partial charge in [0.1, 0.15) is 12.4 Å². The predicted molar refractivity (Wildman–Crippen MR) is 77.9 cm³/mol. The molecule has 5 nitrogen and oxygen atoms in total. The molecule has 1 amide bonds. The highest BCUT2D eigenvalue weighted by atomic mass is 19.2. The van der Waals surface area contributed by atoms with Crippen LogP contribution < -0.4 is 5.32 Å². The predicted octanol–water partition coefficient (Wildman–Crippen LogP) is 3.64. The SMILES string of the molecule is COC(=O)c1cc(F)c(F)cc1NC(=O)OCc1ccccc1F. The molecule has 0 atom stereocenters. The highest BCUT2D eigenvalue weighted by Gasteiger charge is 2.19. The van der Waals surface area contributed by atoms with Gasteiger partial charge in [0.15, 0.2) is 11.6 Å². The summed E-state index contributed by atoms with van der Waals surface area (Å²) in [5, 5.41) is 2.09. The maximum atomic E-state index is 13.4. The Morgan fingerprint density at radius 3 is 2.38 bits per heavy atom. The molecule has 1 N–H and O–H groups in total. The molecule has 0 aromatic heterocycles. The second kappa shape index (κ2) is 7.49. The maximum Gasteiger partial charge on any atom is 0.411 e. The minimum atomic E-state index is -1.28. The van der Waals surface area contributed by atoms with Gasteiger partial charge in [-0.3, -0.25) is 5.32 Å². The topological polar surface area (TPSA) is 64.6 Å². The molecular weight excluding hydrogens is 327 g/mol. The number of anilines is 1. The van der Waals surface area contributed by atoms with Gasteiger partial charge in [-0.1, -0.05) is 18.2 Å². The first-order valence-electron chi connectivity index (χ1n) is 6.67. The molecule has 0 saturated carbocycles. The highest BCUT2D eigenvalue weighted by molar-refractivity contribution is 5.99. The number of nitrogens with one attached hydrogen (secondary N) is 1. The smallest absolute Gasteiger partial charge is 0.411 e. The molecule has 126 valence electrons. The van der Waals surface area contributed by atoms with E-state index in [0.29, 0.717) is 12.1 Å². The van der Waals surface area contributed by atoms with Gasteiger partial charge in [0.2, 0.25) is 0 Å². The third-order valence-electron chi connectivity index (χ3n) is 3.02. The summed E-state index contributed by atoms with van der Waals surface area (Å²) in [4.78, 5) is 23.3. The van der Waals surface area contributed by atoms with E-state index in [2.05, 4.69) is 10.1 Å². The molecule has 0 radical (unpaired) electrons. The Morgan fingerprint density at radius 1 is 1.04 bits per heavy atom. The van der Waals surface area contributed by atoms with Gasteiger partial charge in [-0.2, -0.15) is 0 Å². The molecule has 0 unspecified atom stereocenters. The number of hydrogen-bond donors (Lipinski definition) is 1. The van der Waals surface area contributed by atoms with Gasteiger partial charge in [0.25, 0.3) is 0 Å². The Morgan fingerprint density at radius 2 is 1.71 bits per heavy atom. The van der Waals surface area contributed by atoms with Crippen molar-refractivity contribution in [3.05, 3.63) is 65.0 Å². The van der Waals surface area contributed by atoms with Gasteiger partial charge in [0, 0.05) is 11.6 Å². The van der Waals surface area contributed by atoms with Crippen molar-refractivity contribution in [2.75, 3.05) is 12.4 Å². The summed E-state index contributed by atoms with van der Waals surface area (Å²) in [5.41, 5.74) is -0.593. The molecule has 0 spiro atoms. The number of carbonyl (C=O) groups excluding carboxylic acids is 2. The van der Waals surface area contributed by atoms with Crippen LogP contribution in [0.4, 0.5) is 23.7 Å². The number of esters is 1. The Hall–Kier alpha value is -3.03. The first kappa shape index (κ1) is 17.3. The summed E-state index contributed by atoms with van der Waals surface area (Å²) in [6.45, 7) is -0.379. The first-order valence-corrected chi connectivity index (χ1v) is 6.67.